The maximum absolute atomic E-state index is 14.0. The van der Waals surface area contributed by atoms with Gasteiger partial charge in [0.15, 0.2) is 0 Å². The van der Waals surface area contributed by atoms with Crippen molar-refractivity contribution in [2.24, 2.45) is 0 Å². The van der Waals surface area contributed by atoms with Crippen LogP contribution in [0.15, 0.2) is 36.4 Å². The molecule has 1 saturated carbocycles. The number of nitrogens with one attached hydrogen (secondary N) is 1. The van der Waals surface area contributed by atoms with E-state index in [0.717, 1.165) is 12.8 Å². The monoisotopic (exact) mass is 391 g/mol. The van der Waals surface area contributed by atoms with Crippen LogP contribution in [0.4, 0.5) is 10.1 Å². The lowest BCUT2D eigenvalue weighted by molar-refractivity contribution is -0.117. The normalized spacial score (nSPS) is 13.5. The number of benzene rings is 2. The molecule has 0 atom stereocenters. The second-order valence-electron chi connectivity index (χ2n) is 6.19. The number of rotatable bonds is 6. The number of halogens is 3. The molecule has 1 aliphatic rings. The SMILES string of the molecule is N#Cc1ccc(NC(=O)CN(Cc2c(F)cccc2Cl)C2CC2)cc1Cl. The van der Waals surface area contributed by atoms with Gasteiger partial charge in [0.25, 0.3) is 0 Å². The molecule has 0 saturated heterocycles. The van der Waals surface area contributed by atoms with Gasteiger partial charge in [0.2, 0.25) is 5.91 Å². The standard InChI is InChI=1S/C19H16Cl2FN3O/c20-16-2-1-3-18(22)15(16)10-25(14-6-7-14)11-19(26)24-13-5-4-12(9-23)17(21)8-13/h1-5,8,14H,6-7,10-11H2,(H,24,26). The molecule has 1 aliphatic carbocycles. The highest BCUT2D eigenvalue weighted by Gasteiger charge is 2.31. The summed E-state index contributed by atoms with van der Waals surface area (Å²) in [7, 11) is 0. The summed E-state index contributed by atoms with van der Waals surface area (Å²) in [5, 5.41) is 12.3. The minimum Gasteiger partial charge on any atom is -0.325 e. The van der Waals surface area contributed by atoms with Crippen molar-refractivity contribution in [3.8, 4) is 6.07 Å². The van der Waals surface area contributed by atoms with Crippen LogP contribution < -0.4 is 5.32 Å². The van der Waals surface area contributed by atoms with Crippen LogP contribution in [0.1, 0.15) is 24.0 Å². The Kier molecular flexibility index (Phi) is 5.77. The van der Waals surface area contributed by atoms with E-state index in [1.807, 2.05) is 11.0 Å². The first-order valence-corrected chi connectivity index (χ1v) is 8.90. The molecule has 3 rings (SSSR count). The molecule has 0 unspecified atom stereocenters. The summed E-state index contributed by atoms with van der Waals surface area (Å²) < 4.78 is 14.0. The summed E-state index contributed by atoms with van der Waals surface area (Å²) in [6.07, 6.45) is 1.95. The molecule has 0 aliphatic heterocycles. The number of amides is 1. The highest BCUT2D eigenvalue weighted by molar-refractivity contribution is 6.32. The van der Waals surface area contributed by atoms with Crippen molar-refractivity contribution < 1.29 is 9.18 Å². The Morgan fingerprint density at radius 2 is 2.04 bits per heavy atom. The molecule has 4 nitrogen and oxygen atoms in total. The zero-order chi connectivity index (χ0) is 18.7. The van der Waals surface area contributed by atoms with E-state index in [1.165, 1.54) is 12.1 Å². The van der Waals surface area contributed by atoms with E-state index < -0.39 is 0 Å². The third kappa shape index (κ3) is 4.53. The molecule has 7 heteroatoms. The average Bonchev–Trinajstić information content (AvgIpc) is 3.42. The zero-order valence-corrected chi connectivity index (χ0v) is 15.3. The van der Waals surface area contributed by atoms with Gasteiger partial charge in [-0.25, -0.2) is 4.39 Å². The van der Waals surface area contributed by atoms with Gasteiger partial charge in [-0.3, -0.25) is 9.69 Å². The van der Waals surface area contributed by atoms with Crippen LogP contribution in [0.5, 0.6) is 0 Å². The largest absolute Gasteiger partial charge is 0.325 e. The Hall–Kier alpha value is -2.13. The fourth-order valence-corrected chi connectivity index (χ4v) is 3.15. The molecule has 1 amide bonds. The molecule has 134 valence electrons. The van der Waals surface area contributed by atoms with E-state index in [4.69, 9.17) is 28.5 Å². The van der Waals surface area contributed by atoms with Crippen LogP contribution in [-0.2, 0) is 11.3 Å². The van der Waals surface area contributed by atoms with Crippen molar-refractivity contribution in [2.75, 3.05) is 11.9 Å². The Bertz CT molecular complexity index is 857. The Morgan fingerprint density at radius 3 is 2.65 bits per heavy atom. The molecule has 1 fully saturated rings. The van der Waals surface area contributed by atoms with Gasteiger partial charge in [-0.15, -0.1) is 0 Å². The van der Waals surface area contributed by atoms with Crippen molar-refractivity contribution in [3.05, 3.63) is 63.4 Å². The maximum atomic E-state index is 14.0. The Morgan fingerprint density at radius 1 is 1.27 bits per heavy atom. The number of nitriles is 1. The highest BCUT2D eigenvalue weighted by Crippen LogP contribution is 2.30. The lowest BCUT2D eigenvalue weighted by atomic mass is 10.2. The smallest absolute Gasteiger partial charge is 0.238 e. The Balaban J connectivity index is 1.68. The van der Waals surface area contributed by atoms with Gasteiger partial charge in [0, 0.05) is 28.9 Å². The molecule has 2 aromatic rings. The van der Waals surface area contributed by atoms with Gasteiger partial charge in [0.05, 0.1) is 17.1 Å². The summed E-state index contributed by atoms with van der Waals surface area (Å²) in [5.41, 5.74) is 1.26. The van der Waals surface area contributed by atoms with Gasteiger partial charge in [-0.05, 0) is 43.2 Å². The third-order valence-corrected chi connectivity index (χ3v) is 4.87. The molecule has 0 spiro atoms. The van der Waals surface area contributed by atoms with Crippen molar-refractivity contribution >= 4 is 34.8 Å². The summed E-state index contributed by atoms with van der Waals surface area (Å²) in [4.78, 5) is 14.3. The molecule has 0 radical (unpaired) electrons. The average molecular weight is 392 g/mol. The van der Waals surface area contributed by atoms with Crippen LogP contribution in [0.2, 0.25) is 10.0 Å². The molecular weight excluding hydrogens is 376 g/mol. The fraction of sp³-hybridized carbons (Fsp3) is 0.263. The van der Waals surface area contributed by atoms with Crippen molar-refractivity contribution in [2.45, 2.75) is 25.4 Å². The quantitative estimate of drug-likeness (QED) is 0.781. The summed E-state index contributed by atoms with van der Waals surface area (Å²) in [6.45, 7) is 0.394. The van der Waals surface area contributed by atoms with Gasteiger partial charge in [-0.1, -0.05) is 29.3 Å². The first-order chi connectivity index (χ1) is 12.5. The summed E-state index contributed by atoms with van der Waals surface area (Å²) in [5.74, 6) is -0.604. The van der Waals surface area contributed by atoms with E-state index in [2.05, 4.69) is 5.32 Å². The molecule has 2 aromatic carbocycles. The number of hydrogen-bond acceptors (Lipinski definition) is 3. The summed E-state index contributed by atoms with van der Waals surface area (Å²) >= 11 is 12.1. The first-order valence-electron chi connectivity index (χ1n) is 8.14. The van der Waals surface area contributed by atoms with Crippen LogP contribution in [0.25, 0.3) is 0 Å². The number of hydrogen-bond donors (Lipinski definition) is 1. The molecule has 0 aromatic heterocycles. The van der Waals surface area contributed by atoms with Crippen LogP contribution >= 0.6 is 23.2 Å². The van der Waals surface area contributed by atoms with Crippen LogP contribution in [0, 0.1) is 17.1 Å². The van der Waals surface area contributed by atoms with Crippen molar-refractivity contribution in [3.63, 3.8) is 0 Å². The number of nitrogens with zero attached hydrogens (tertiary/aromatic N) is 2. The van der Waals surface area contributed by atoms with E-state index >= 15 is 0 Å². The topological polar surface area (TPSA) is 56.1 Å². The number of carbonyl (C=O) groups excluding carboxylic acids is 1. The second-order valence-corrected chi connectivity index (χ2v) is 7.01. The first kappa shape index (κ1) is 18.7. The second kappa shape index (κ2) is 8.05. The van der Waals surface area contributed by atoms with E-state index in [0.29, 0.717) is 21.8 Å². The van der Waals surface area contributed by atoms with Crippen molar-refractivity contribution in [1.29, 1.82) is 5.26 Å². The van der Waals surface area contributed by atoms with Crippen molar-refractivity contribution in [1.82, 2.24) is 4.90 Å². The predicted molar refractivity (Wildman–Crippen MR) is 99.6 cm³/mol. The molecule has 1 N–H and O–H groups in total. The minimum atomic E-state index is -0.373. The lowest BCUT2D eigenvalue weighted by Gasteiger charge is -2.22. The van der Waals surface area contributed by atoms with Crippen LogP contribution in [0.3, 0.4) is 0 Å². The predicted octanol–water partition coefficient (Wildman–Crippen LogP) is 4.61. The van der Waals surface area contributed by atoms with Gasteiger partial charge in [-0.2, -0.15) is 5.26 Å². The molecule has 0 heterocycles. The molecular formula is C19H16Cl2FN3O. The number of carbonyl (C=O) groups is 1. The van der Waals surface area contributed by atoms with E-state index in [-0.39, 0.29) is 35.9 Å². The van der Waals surface area contributed by atoms with Gasteiger partial charge in [0.1, 0.15) is 11.9 Å². The molecule has 26 heavy (non-hydrogen) atoms. The van der Waals surface area contributed by atoms with Gasteiger partial charge >= 0.3 is 0 Å². The van der Waals surface area contributed by atoms with Crippen LogP contribution in [-0.4, -0.2) is 23.4 Å². The lowest BCUT2D eigenvalue weighted by Crippen LogP contribution is -2.34. The van der Waals surface area contributed by atoms with E-state index in [9.17, 15) is 9.18 Å². The molecule has 0 bridgehead atoms. The maximum Gasteiger partial charge on any atom is 0.238 e. The third-order valence-electron chi connectivity index (χ3n) is 4.21. The summed E-state index contributed by atoms with van der Waals surface area (Å²) in [6, 6.07) is 11.5. The zero-order valence-electron chi connectivity index (χ0n) is 13.8. The minimum absolute atomic E-state index is 0.118. The number of anilines is 1. The highest BCUT2D eigenvalue weighted by atomic mass is 35.5. The van der Waals surface area contributed by atoms with E-state index in [1.54, 1.807) is 24.3 Å². The van der Waals surface area contributed by atoms with Gasteiger partial charge < -0.3 is 5.32 Å². The Labute approximate surface area is 161 Å². The fourth-order valence-electron chi connectivity index (χ4n) is 2.71.